The molecule has 1 aliphatic heterocycles. The molecule has 5 heteroatoms. The van der Waals surface area contributed by atoms with Gasteiger partial charge in [0.15, 0.2) is 0 Å². The van der Waals surface area contributed by atoms with Gasteiger partial charge in [-0.1, -0.05) is 0 Å². The van der Waals surface area contributed by atoms with Crippen LogP contribution >= 0.6 is 0 Å². The Hall–Kier alpha value is -1.62. The maximum atomic E-state index is 4.44. The molecule has 0 unspecified atom stereocenters. The lowest BCUT2D eigenvalue weighted by Crippen LogP contribution is -2.43. The highest BCUT2D eigenvalue weighted by molar-refractivity contribution is 5.88. The van der Waals surface area contributed by atoms with E-state index in [1.54, 1.807) is 0 Å². The summed E-state index contributed by atoms with van der Waals surface area (Å²) in [6, 6.07) is 1.95. The number of hydrogen-bond donors (Lipinski definition) is 2. The summed E-state index contributed by atoms with van der Waals surface area (Å²) in [5.74, 6) is 1.04. The third-order valence-corrected chi connectivity index (χ3v) is 2.76. The molecular formula is C10H13N5. The van der Waals surface area contributed by atoms with E-state index in [1.807, 2.05) is 18.5 Å². The van der Waals surface area contributed by atoms with Crippen LogP contribution in [0.25, 0.3) is 10.9 Å². The molecule has 2 aromatic rings. The van der Waals surface area contributed by atoms with E-state index in [0.717, 1.165) is 42.9 Å². The lowest BCUT2D eigenvalue weighted by atomic mass is 10.2. The second-order valence-corrected chi connectivity index (χ2v) is 3.70. The summed E-state index contributed by atoms with van der Waals surface area (Å²) in [6.45, 7) is 4.07. The van der Waals surface area contributed by atoms with Crippen molar-refractivity contribution in [2.24, 2.45) is 0 Å². The van der Waals surface area contributed by atoms with E-state index in [9.17, 15) is 0 Å². The first kappa shape index (κ1) is 8.67. The van der Waals surface area contributed by atoms with Crippen LogP contribution in [0.4, 0.5) is 5.82 Å². The number of hydrogen-bond acceptors (Lipinski definition) is 4. The lowest BCUT2D eigenvalue weighted by molar-refractivity contribution is 0.586. The SMILES string of the molecule is c1cc2[nH]ncc2c(N2CCNCC2)n1. The predicted molar refractivity (Wildman–Crippen MR) is 59.0 cm³/mol. The number of aromatic nitrogens is 3. The summed E-state index contributed by atoms with van der Waals surface area (Å²) in [6.07, 6.45) is 3.68. The van der Waals surface area contributed by atoms with Gasteiger partial charge in [0.25, 0.3) is 0 Å². The maximum Gasteiger partial charge on any atom is 0.139 e. The average Bonchev–Trinajstić information content (AvgIpc) is 2.78. The monoisotopic (exact) mass is 203 g/mol. The second kappa shape index (κ2) is 3.51. The number of nitrogens with one attached hydrogen (secondary N) is 2. The van der Waals surface area contributed by atoms with Crippen LogP contribution in [0.2, 0.25) is 0 Å². The number of H-pyrrole nitrogens is 1. The molecule has 78 valence electrons. The van der Waals surface area contributed by atoms with Gasteiger partial charge in [0.1, 0.15) is 5.82 Å². The Labute approximate surface area is 87.5 Å². The van der Waals surface area contributed by atoms with Crippen molar-refractivity contribution in [3.63, 3.8) is 0 Å². The van der Waals surface area contributed by atoms with Crippen molar-refractivity contribution in [3.05, 3.63) is 18.5 Å². The van der Waals surface area contributed by atoms with Gasteiger partial charge < -0.3 is 10.2 Å². The van der Waals surface area contributed by atoms with Crippen LogP contribution < -0.4 is 10.2 Å². The first-order chi connectivity index (χ1) is 7.45. The molecule has 1 aliphatic rings. The molecule has 0 radical (unpaired) electrons. The zero-order valence-electron chi connectivity index (χ0n) is 8.40. The molecule has 3 rings (SSSR count). The van der Waals surface area contributed by atoms with Crippen LogP contribution in [0.3, 0.4) is 0 Å². The molecule has 1 saturated heterocycles. The number of nitrogens with zero attached hydrogens (tertiary/aromatic N) is 3. The van der Waals surface area contributed by atoms with Crippen molar-refractivity contribution in [2.75, 3.05) is 31.1 Å². The third kappa shape index (κ3) is 1.45. The minimum atomic E-state index is 1.01. The number of fused-ring (bicyclic) bond motifs is 1. The Bertz CT molecular complexity index is 458. The van der Waals surface area contributed by atoms with Gasteiger partial charge in [0, 0.05) is 32.4 Å². The van der Waals surface area contributed by atoms with Crippen molar-refractivity contribution in [1.29, 1.82) is 0 Å². The van der Waals surface area contributed by atoms with Gasteiger partial charge in [-0.05, 0) is 6.07 Å². The lowest BCUT2D eigenvalue weighted by Gasteiger charge is -2.28. The van der Waals surface area contributed by atoms with Crippen LogP contribution in [0.5, 0.6) is 0 Å². The van der Waals surface area contributed by atoms with E-state index in [1.165, 1.54) is 0 Å². The Morgan fingerprint density at radius 1 is 1.27 bits per heavy atom. The zero-order chi connectivity index (χ0) is 10.1. The molecule has 0 aliphatic carbocycles. The van der Waals surface area contributed by atoms with Crippen LogP contribution in [-0.4, -0.2) is 41.4 Å². The Balaban J connectivity index is 2.05. The summed E-state index contributed by atoms with van der Waals surface area (Å²) in [7, 11) is 0. The molecule has 2 aromatic heterocycles. The van der Waals surface area contributed by atoms with Crippen LogP contribution in [0.15, 0.2) is 18.5 Å². The number of pyridine rings is 1. The van der Waals surface area contributed by atoms with Crippen molar-refractivity contribution >= 4 is 16.7 Å². The van der Waals surface area contributed by atoms with Gasteiger partial charge >= 0.3 is 0 Å². The van der Waals surface area contributed by atoms with Crippen molar-refractivity contribution in [1.82, 2.24) is 20.5 Å². The molecule has 15 heavy (non-hydrogen) atoms. The van der Waals surface area contributed by atoms with E-state index in [-0.39, 0.29) is 0 Å². The highest BCUT2D eigenvalue weighted by Gasteiger charge is 2.14. The van der Waals surface area contributed by atoms with Crippen molar-refractivity contribution < 1.29 is 0 Å². The second-order valence-electron chi connectivity index (χ2n) is 3.70. The number of aromatic amines is 1. The summed E-state index contributed by atoms with van der Waals surface area (Å²) in [4.78, 5) is 6.74. The fourth-order valence-corrected chi connectivity index (χ4v) is 1.98. The topological polar surface area (TPSA) is 56.8 Å². The highest BCUT2D eigenvalue weighted by Crippen LogP contribution is 2.22. The predicted octanol–water partition coefficient (Wildman–Crippen LogP) is 0.367. The number of anilines is 1. The van der Waals surface area contributed by atoms with E-state index >= 15 is 0 Å². The third-order valence-electron chi connectivity index (χ3n) is 2.76. The largest absolute Gasteiger partial charge is 0.353 e. The summed E-state index contributed by atoms with van der Waals surface area (Å²) in [5, 5.41) is 11.5. The van der Waals surface area contributed by atoms with Gasteiger partial charge in [-0.3, -0.25) is 5.10 Å². The molecule has 0 amide bonds. The molecule has 2 N–H and O–H groups in total. The number of rotatable bonds is 1. The molecule has 1 fully saturated rings. The molecule has 0 spiro atoms. The average molecular weight is 203 g/mol. The standard InChI is InChI=1S/C10H13N5/c1-2-12-10(8-7-13-14-9(1)8)15-5-3-11-4-6-15/h1-2,7,11H,3-6H2,(H,13,14). The van der Waals surface area contributed by atoms with Gasteiger partial charge in [-0.2, -0.15) is 5.10 Å². The summed E-state index contributed by atoms with van der Waals surface area (Å²) >= 11 is 0. The van der Waals surface area contributed by atoms with Crippen LogP contribution in [0, 0.1) is 0 Å². The van der Waals surface area contributed by atoms with Gasteiger partial charge in [0.05, 0.1) is 17.1 Å². The van der Waals surface area contributed by atoms with E-state index < -0.39 is 0 Å². The first-order valence-electron chi connectivity index (χ1n) is 5.19. The Morgan fingerprint density at radius 3 is 3.00 bits per heavy atom. The number of piperazine rings is 1. The van der Waals surface area contributed by atoms with E-state index in [4.69, 9.17) is 0 Å². The zero-order valence-corrected chi connectivity index (χ0v) is 8.40. The van der Waals surface area contributed by atoms with Gasteiger partial charge in [0.2, 0.25) is 0 Å². The van der Waals surface area contributed by atoms with Crippen LogP contribution in [-0.2, 0) is 0 Å². The summed E-state index contributed by atoms with van der Waals surface area (Å²) < 4.78 is 0. The molecular weight excluding hydrogens is 190 g/mol. The molecule has 3 heterocycles. The fourth-order valence-electron chi connectivity index (χ4n) is 1.98. The van der Waals surface area contributed by atoms with Gasteiger partial charge in [-0.25, -0.2) is 4.98 Å². The minimum Gasteiger partial charge on any atom is -0.353 e. The van der Waals surface area contributed by atoms with Crippen molar-refractivity contribution in [3.8, 4) is 0 Å². The van der Waals surface area contributed by atoms with Crippen molar-refractivity contribution in [2.45, 2.75) is 0 Å². The van der Waals surface area contributed by atoms with Crippen LogP contribution in [0.1, 0.15) is 0 Å². The Morgan fingerprint density at radius 2 is 2.13 bits per heavy atom. The summed E-state index contributed by atoms with van der Waals surface area (Å²) in [5.41, 5.74) is 1.05. The molecule has 0 aromatic carbocycles. The quantitative estimate of drug-likeness (QED) is 0.703. The maximum absolute atomic E-state index is 4.44. The normalized spacial score (nSPS) is 17.2. The fraction of sp³-hybridized carbons (Fsp3) is 0.400. The highest BCUT2D eigenvalue weighted by atomic mass is 15.2. The van der Waals surface area contributed by atoms with E-state index in [2.05, 4.69) is 25.4 Å². The molecule has 5 nitrogen and oxygen atoms in total. The smallest absolute Gasteiger partial charge is 0.139 e. The minimum absolute atomic E-state index is 1.01. The Kier molecular flexibility index (Phi) is 2.03. The molecule has 0 saturated carbocycles. The molecule has 0 bridgehead atoms. The van der Waals surface area contributed by atoms with Gasteiger partial charge in [-0.15, -0.1) is 0 Å². The molecule has 0 atom stereocenters. The first-order valence-corrected chi connectivity index (χ1v) is 5.19. The van der Waals surface area contributed by atoms with E-state index in [0.29, 0.717) is 0 Å².